The Kier molecular flexibility index (Phi) is 5.74. The van der Waals surface area contributed by atoms with Crippen molar-refractivity contribution in [1.29, 1.82) is 0 Å². The van der Waals surface area contributed by atoms with E-state index in [1.807, 2.05) is 0 Å². The van der Waals surface area contributed by atoms with Crippen LogP contribution in [0.5, 0.6) is 11.5 Å². The Hall–Kier alpha value is -2.36. The van der Waals surface area contributed by atoms with Gasteiger partial charge in [0.2, 0.25) is 0 Å². The molecule has 0 fully saturated rings. The minimum Gasteiger partial charge on any atom is -0.395 e. The van der Waals surface area contributed by atoms with Crippen LogP contribution in [-0.4, -0.2) is 11.9 Å². The third-order valence-corrected chi connectivity index (χ3v) is 4.25. The summed E-state index contributed by atoms with van der Waals surface area (Å²) in [6.07, 6.45) is 0.0887. The first-order chi connectivity index (χ1) is 11.0. The average molecular weight is 332 g/mol. The van der Waals surface area contributed by atoms with Crippen molar-refractivity contribution in [2.24, 2.45) is 0 Å². The molecule has 0 aliphatic rings. The molecule has 2 aromatic rings. The maximum Gasteiger partial charge on any atom is 0.588 e. The van der Waals surface area contributed by atoms with Crippen LogP contribution in [-0.2, 0) is 13.9 Å². The Balaban J connectivity index is 2.24. The zero-order chi connectivity index (χ0) is 16.7. The van der Waals surface area contributed by atoms with Crippen LogP contribution in [0.2, 0.25) is 0 Å². The fourth-order valence-corrected chi connectivity index (χ4v) is 3.07. The smallest absolute Gasteiger partial charge is 0.395 e. The molecule has 0 aromatic heterocycles. The number of hydrogen-bond acceptors (Lipinski definition) is 5. The number of phosphoric acid groups is 1. The SMILES string of the molecule is C=CC(=O)C(C)OP(=O)(Oc1ccccc1)Oc1ccccc1. The van der Waals surface area contributed by atoms with E-state index in [0.29, 0.717) is 11.5 Å². The first-order valence-corrected chi connectivity index (χ1v) is 8.42. The predicted molar refractivity (Wildman–Crippen MR) is 87.5 cm³/mol. The summed E-state index contributed by atoms with van der Waals surface area (Å²) in [7, 11) is -4.05. The van der Waals surface area contributed by atoms with Gasteiger partial charge < -0.3 is 9.05 Å². The van der Waals surface area contributed by atoms with Gasteiger partial charge in [0.05, 0.1) is 0 Å². The first-order valence-electron chi connectivity index (χ1n) is 6.96. The minimum absolute atomic E-state index is 0.310. The molecule has 2 rings (SSSR count). The van der Waals surface area contributed by atoms with Crippen LogP contribution in [0.3, 0.4) is 0 Å². The molecule has 120 valence electrons. The maximum absolute atomic E-state index is 12.9. The molecule has 0 aliphatic carbocycles. The lowest BCUT2D eigenvalue weighted by Gasteiger charge is -2.21. The second-order valence-electron chi connectivity index (χ2n) is 4.61. The van der Waals surface area contributed by atoms with Crippen molar-refractivity contribution in [2.45, 2.75) is 13.0 Å². The second-order valence-corrected chi connectivity index (χ2v) is 6.08. The number of carbonyl (C=O) groups excluding carboxylic acids is 1. The zero-order valence-corrected chi connectivity index (χ0v) is 13.5. The van der Waals surface area contributed by atoms with Gasteiger partial charge in [-0.2, -0.15) is 0 Å². The molecule has 0 aliphatic heterocycles. The Morgan fingerprint density at radius 1 is 1.00 bits per heavy atom. The van der Waals surface area contributed by atoms with E-state index in [2.05, 4.69) is 6.58 Å². The fourth-order valence-electron chi connectivity index (χ4n) is 1.69. The zero-order valence-electron chi connectivity index (χ0n) is 12.6. The van der Waals surface area contributed by atoms with Gasteiger partial charge in [0.1, 0.15) is 17.6 Å². The molecule has 1 atom stereocenters. The summed E-state index contributed by atoms with van der Waals surface area (Å²) in [5.41, 5.74) is 0. The molecular formula is C17H17O5P. The first kappa shape index (κ1) is 17.0. The fraction of sp³-hybridized carbons (Fsp3) is 0.118. The number of ketones is 1. The van der Waals surface area contributed by atoms with Crippen molar-refractivity contribution in [3.8, 4) is 11.5 Å². The quantitative estimate of drug-likeness (QED) is 0.529. The van der Waals surface area contributed by atoms with Gasteiger partial charge in [-0.05, 0) is 37.3 Å². The lowest BCUT2D eigenvalue weighted by molar-refractivity contribution is -0.120. The minimum atomic E-state index is -4.05. The summed E-state index contributed by atoms with van der Waals surface area (Å²) < 4.78 is 29.0. The van der Waals surface area contributed by atoms with Crippen LogP contribution in [0.15, 0.2) is 73.3 Å². The number of phosphoric ester groups is 1. The van der Waals surface area contributed by atoms with Crippen LogP contribution in [0.1, 0.15) is 6.92 Å². The highest BCUT2D eigenvalue weighted by atomic mass is 31.2. The predicted octanol–water partition coefficient (Wildman–Crippen LogP) is 4.41. The van der Waals surface area contributed by atoms with E-state index < -0.39 is 19.7 Å². The van der Waals surface area contributed by atoms with Crippen LogP contribution >= 0.6 is 7.82 Å². The molecule has 0 radical (unpaired) electrons. The van der Waals surface area contributed by atoms with Crippen LogP contribution in [0.4, 0.5) is 0 Å². The van der Waals surface area contributed by atoms with Gasteiger partial charge in [-0.25, -0.2) is 4.57 Å². The van der Waals surface area contributed by atoms with Crippen LogP contribution in [0.25, 0.3) is 0 Å². The van der Waals surface area contributed by atoms with E-state index in [-0.39, 0.29) is 0 Å². The molecule has 0 heterocycles. The topological polar surface area (TPSA) is 61.8 Å². The van der Waals surface area contributed by atoms with Gasteiger partial charge in [-0.3, -0.25) is 9.32 Å². The number of para-hydroxylation sites is 2. The van der Waals surface area contributed by atoms with Gasteiger partial charge in [-0.1, -0.05) is 43.0 Å². The van der Waals surface area contributed by atoms with Crippen LogP contribution in [0, 0.1) is 0 Å². The summed E-state index contributed by atoms with van der Waals surface area (Å²) in [5.74, 6) is 0.202. The molecule has 0 bridgehead atoms. The van der Waals surface area contributed by atoms with Gasteiger partial charge in [0.25, 0.3) is 0 Å². The Morgan fingerprint density at radius 2 is 1.43 bits per heavy atom. The standard InChI is InChI=1S/C17H17O5P/c1-3-17(18)14(2)20-23(19,21-15-10-6-4-7-11-15)22-16-12-8-5-9-13-16/h3-14H,1H2,2H3. The molecule has 1 unspecified atom stereocenters. The van der Waals surface area contributed by atoms with Crippen molar-refractivity contribution in [2.75, 3.05) is 0 Å². The molecule has 5 nitrogen and oxygen atoms in total. The third kappa shape index (κ3) is 5.09. The van der Waals surface area contributed by atoms with E-state index in [9.17, 15) is 9.36 Å². The van der Waals surface area contributed by atoms with E-state index in [1.54, 1.807) is 60.7 Å². The van der Waals surface area contributed by atoms with Gasteiger partial charge in [0, 0.05) is 0 Å². The number of carbonyl (C=O) groups is 1. The molecule has 6 heteroatoms. The van der Waals surface area contributed by atoms with Crippen molar-refractivity contribution in [3.63, 3.8) is 0 Å². The molecule has 0 spiro atoms. The van der Waals surface area contributed by atoms with Crippen molar-refractivity contribution in [1.82, 2.24) is 0 Å². The molecule has 2 aromatic carbocycles. The molecular weight excluding hydrogens is 315 g/mol. The summed E-state index contributed by atoms with van der Waals surface area (Å²) >= 11 is 0. The van der Waals surface area contributed by atoms with Crippen LogP contribution < -0.4 is 9.05 Å². The lowest BCUT2D eigenvalue weighted by Crippen LogP contribution is -2.20. The third-order valence-electron chi connectivity index (χ3n) is 2.81. The Labute approximate surface area is 135 Å². The summed E-state index contributed by atoms with van der Waals surface area (Å²) in [6.45, 7) is 4.84. The van der Waals surface area contributed by atoms with E-state index in [0.717, 1.165) is 6.08 Å². The normalized spacial score (nSPS) is 12.2. The Morgan fingerprint density at radius 3 is 1.83 bits per heavy atom. The maximum atomic E-state index is 12.9. The van der Waals surface area contributed by atoms with Crippen molar-refractivity contribution < 1.29 is 22.9 Å². The molecule has 0 saturated carbocycles. The highest BCUT2D eigenvalue weighted by Crippen LogP contribution is 2.50. The molecule has 0 N–H and O–H groups in total. The monoisotopic (exact) mass is 332 g/mol. The van der Waals surface area contributed by atoms with Gasteiger partial charge in [-0.15, -0.1) is 0 Å². The summed E-state index contributed by atoms with van der Waals surface area (Å²) in [4.78, 5) is 11.6. The summed E-state index contributed by atoms with van der Waals surface area (Å²) in [5, 5.41) is 0. The van der Waals surface area contributed by atoms with Gasteiger partial charge >= 0.3 is 7.82 Å². The molecule has 23 heavy (non-hydrogen) atoms. The summed E-state index contributed by atoms with van der Waals surface area (Å²) in [6, 6.07) is 16.9. The molecule has 0 saturated heterocycles. The Bertz CT molecular complexity index is 654. The largest absolute Gasteiger partial charge is 0.588 e. The van der Waals surface area contributed by atoms with Crippen molar-refractivity contribution >= 4 is 13.6 Å². The average Bonchev–Trinajstić information content (AvgIpc) is 2.55. The van der Waals surface area contributed by atoms with E-state index >= 15 is 0 Å². The van der Waals surface area contributed by atoms with E-state index in [4.69, 9.17) is 13.6 Å². The number of hydrogen-bond donors (Lipinski definition) is 0. The number of rotatable bonds is 8. The van der Waals surface area contributed by atoms with E-state index in [1.165, 1.54) is 6.92 Å². The highest BCUT2D eigenvalue weighted by Gasteiger charge is 2.35. The lowest BCUT2D eigenvalue weighted by atomic mass is 10.3. The molecule has 0 amide bonds. The second kappa shape index (κ2) is 7.77. The van der Waals surface area contributed by atoms with Crippen molar-refractivity contribution in [3.05, 3.63) is 73.3 Å². The van der Waals surface area contributed by atoms with Gasteiger partial charge in [0.15, 0.2) is 5.78 Å². The highest BCUT2D eigenvalue weighted by molar-refractivity contribution is 7.49. The number of benzene rings is 2.